The maximum Gasteiger partial charge on any atom is 0.143 e. The molecule has 6 heteroatoms. The first kappa shape index (κ1) is 34.8. The van der Waals surface area contributed by atoms with E-state index in [2.05, 4.69) is 72.8 Å². The van der Waals surface area contributed by atoms with E-state index in [9.17, 15) is 10.2 Å². The lowest BCUT2D eigenvalue weighted by atomic mass is 9.85. The molecule has 10 rings (SSSR count). The van der Waals surface area contributed by atoms with Gasteiger partial charge in [0.1, 0.15) is 45.9 Å². The maximum atomic E-state index is 10.9. The summed E-state index contributed by atoms with van der Waals surface area (Å²) in [6.07, 6.45) is 3.45. The summed E-state index contributed by atoms with van der Waals surface area (Å²) in [5, 5.41) is 26.0. The van der Waals surface area contributed by atoms with Crippen LogP contribution in [-0.4, -0.2) is 22.6 Å². The molecular weight excluding hydrogens is 717 g/mol. The Kier molecular flexibility index (Phi) is 8.84. The Bertz CT molecular complexity index is 2980. The second-order valence-corrected chi connectivity index (χ2v) is 14.3. The Balaban J connectivity index is 1.24. The quantitative estimate of drug-likeness (QED) is 0.144. The molecule has 0 aliphatic rings. The predicted octanol–water partition coefficient (Wildman–Crippen LogP) is 13.3. The number of benzene rings is 8. The average molecular weight is 753 g/mol. The first-order valence-electron chi connectivity index (χ1n) is 19.2. The lowest BCUT2D eigenvalue weighted by Crippen LogP contribution is -2.12. The summed E-state index contributed by atoms with van der Waals surface area (Å²) in [7, 11) is 0. The molecule has 6 nitrogen and oxygen atoms in total. The Morgan fingerprint density at radius 3 is 1.19 bits per heavy atom. The van der Waals surface area contributed by atoms with Crippen molar-refractivity contribution in [3.05, 3.63) is 204 Å². The van der Waals surface area contributed by atoms with Crippen molar-refractivity contribution in [1.82, 2.24) is 0 Å². The van der Waals surface area contributed by atoms with Crippen molar-refractivity contribution < 1.29 is 19.0 Å². The smallest absolute Gasteiger partial charge is 0.143 e. The average Bonchev–Trinajstić information content (AvgIpc) is 3.85. The molecule has 10 aromatic rings. The van der Waals surface area contributed by atoms with Gasteiger partial charge in [0.2, 0.25) is 0 Å². The van der Waals surface area contributed by atoms with E-state index >= 15 is 0 Å². The van der Waals surface area contributed by atoms with Gasteiger partial charge in [0, 0.05) is 56.2 Å². The number of rotatable bonds is 9. The number of phenols is 2. The van der Waals surface area contributed by atoms with Gasteiger partial charge in [0.05, 0.1) is 0 Å². The zero-order valence-corrected chi connectivity index (χ0v) is 31.2. The lowest BCUT2D eigenvalue weighted by molar-refractivity contribution is 0.473. The largest absolute Gasteiger partial charge is 0.507 e. The minimum atomic E-state index is -0.645. The van der Waals surface area contributed by atoms with Crippen LogP contribution in [0, 0.1) is 0 Å². The number of nitrogens with zero attached hydrogens (tertiary/aromatic N) is 2. The number of para-hydroxylation sites is 6. The van der Waals surface area contributed by atoms with Crippen LogP contribution in [-0.2, 0) is 0 Å². The molecule has 0 saturated heterocycles. The van der Waals surface area contributed by atoms with Gasteiger partial charge in [-0.3, -0.25) is 9.98 Å². The van der Waals surface area contributed by atoms with Crippen LogP contribution < -0.4 is 0 Å². The fraction of sp³-hybridized carbons (Fsp3) is 0.0385. The zero-order valence-electron chi connectivity index (χ0n) is 31.2. The molecule has 0 spiro atoms. The van der Waals surface area contributed by atoms with Gasteiger partial charge >= 0.3 is 0 Å². The molecule has 278 valence electrons. The number of fused-ring (bicyclic) bond motifs is 6. The van der Waals surface area contributed by atoms with Gasteiger partial charge < -0.3 is 19.0 Å². The molecule has 0 aliphatic heterocycles. The number of phenolic OH excluding ortho intramolecular Hbond substituents is 2. The Hall–Kier alpha value is -7.70. The normalized spacial score (nSPS) is 13.0. The number of hydrogen-bond acceptors (Lipinski definition) is 6. The number of aromatic hydroxyl groups is 2. The Labute approximate surface area is 334 Å². The summed E-state index contributed by atoms with van der Waals surface area (Å²) in [6.45, 7) is 0. The van der Waals surface area contributed by atoms with Crippen molar-refractivity contribution in [3.63, 3.8) is 0 Å². The number of aliphatic imine (C=N–C) groups is 2. The first-order valence-corrected chi connectivity index (χ1v) is 19.2. The van der Waals surface area contributed by atoms with E-state index in [-0.39, 0.29) is 11.5 Å². The molecule has 0 amide bonds. The van der Waals surface area contributed by atoms with Gasteiger partial charge in [-0.05, 0) is 58.7 Å². The van der Waals surface area contributed by atoms with E-state index in [0.29, 0.717) is 11.1 Å². The third-order valence-corrected chi connectivity index (χ3v) is 10.9. The van der Waals surface area contributed by atoms with Gasteiger partial charge in [0.25, 0.3) is 0 Å². The first-order chi connectivity index (χ1) is 28.6. The highest BCUT2D eigenvalue weighted by atomic mass is 16.3. The topological polar surface area (TPSA) is 91.5 Å². The summed E-state index contributed by atoms with van der Waals surface area (Å²) < 4.78 is 13.2. The summed E-state index contributed by atoms with van der Waals surface area (Å²) in [4.78, 5) is 10.7. The SMILES string of the molecule is Oc1ccccc1C=N[C@@H](c1ccccc1-c1cccc2c1oc1ccccc12)[C@@H](N=Cc1ccccc1O)c1ccccc1-c1cccc2c1oc1ccccc12. The van der Waals surface area contributed by atoms with E-state index in [1.807, 2.05) is 84.9 Å². The van der Waals surface area contributed by atoms with Crippen LogP contribution >= 0.6 is 0 Å². The molecule has 2 aromatic heterocycles. The minimum absolute atomic E-state index is 0.122. The molecule has 2 heterocycles. The van der Waals surface area contributed by atoms with E-state index in [4.69, 9.17) is 18.8 Å². The van der Waals surface area contributed by atoms with Gasteiger partial charge in [0.15, 0.2) is 0 Å². The van der Waals surface area contributed by atoms with Gasteiger partial charge in [-0.1, -0.05) is 146 Å². The van der Waals surface area contributed by atoms with Gasteiger partial charge in [-0.2, -0.15) is 0 Å². The van der Waals surface area contributed by atoms with Crippen LogP contribution in [0.5, 0.6) is 11.5 Å². The fourth-order valence-corrected chi connectivity index (χ4v) is 8.10. The van der Waals surface area contributed by atoms with Crippen molar-refractivity contribution in [2.24, 2.45) is 9.98 Å². The summed E-state index contributed by atoms with van der Waals surface area (Å²) in [5.41, 5.74) is 9.88. The molecule has 0 aliphatic carbocycles. The fourth-order valence-electron chi connectivity index (χ4n) is 8.10. The monoisotopic (exact) mass is 752 g/mol. The van der Waals surface area contributed by atoms with Crippen molar-refractivity contribution in [3.8, 4) is 33.8 Å². The van der Waals surface area contributed by atoms with Crippen LogP contribution in [0.1, 0.15) is 34.3 Å². The van der Waals surface area contributed by atoms with Crippen molar-refractivity contribution in [1.29, 1.82) is 0 Å². The van der Waals surface area contributed by atoms with Crippen LogP contribution in [0.15, 0.2) is 201 Å². The highest BCUT2D eigenvalue weighted by molar-refractivity contribution is 6.11. The van der Waals surface area contributed by atoms with E-state index in [1.165, 1.54) is 0 Å². The second-order valence-electron chi connectivity index (χ2n) is 14.3. The minimum Gasteiger partial charge on any atom is -0.507 e. The highest BCUT2D eigenvalue weighted by Crippen LogP contribution is 2.47. The molecule has 0 fully saturated rings. The lowest BCUT2D eigenvalue weighted by Gasteiger charge is -2.26. The van der Waals surface area contributed by atoms with Crippen molar-refractivity contribution >= 4 is 56.3 Å². The second kappa shape index (κ2) is 14.8. The molecule has 0 bridgehead atoms. The molecule has 2 atom stereocenters. The number of hydrogen-bond donors (Lipinski definition) is 2. The molecule has 2 N–H and O–H groups in total. The summed E-state index contributed by atoms with van der Waals surface area (Å²) in [5.74, 6) is 0.244. The summed E-state index contributed by atoms with van der Waals surface area (Å²) >= 11 is 0. The molecular formula is C52H36N2O4. The molecule has 0 radical (unpaired) electrons. The van der Waals surface area contributed by atoms with Crippen molar-refractivity contribution in [2.75, 3.05) is 0 Å². The standard InChI is InChI=1S/C52H36N2O4/c55-45-27-9-1-15-33(45)31-53-49(39-21-5-3-17-35(39)41-23-13-25-43-37-19-7-11-29-47(37)57-51(41)43)50(54-32-34-16-2-10-28-46(34)56)40-22-6-4-18-36(40)42-24-14-26-44-38-20-8-12-30-48(38)58-52(42)44/h1-32,49-50,55-56H/t49-,50-/m0/s1. The molecule has 0 unspecified atom stereocenters. The van der Waals surface area contributed by atoms with Crippen LogP contribution in [0.2, 0.25) is 0 Å². The van der Waals surface area contributed by atoms with Crippen LogP contribution in [0.3, 0.4) is 0 Å². The van der Waals surface area contributed by atoms with E-state index < -0.39 is 12.1 Å². The van der Waals surface area contributed by atoms with Crippen molar-refractivity contribution in [2.45, 2.75) is 12.1 Å². The highest BCUT2D eigenvalue weighted by Gasteiger charge is 2.30. The predicted molar refractivity (Wildman–Crippen MR) is 235 cm³/mol. The van der Waals surface area contributed by atoms with Gasteiger partial charge in [-0.25, -0.2) is 0 Å². The maximum absolute atomic E-state index is 10.9. The Morgan fingerprint density at radius 2 is 0.724 bits per heavy atom. The number of furan rings is 2. The molecule has 58 heavy (non-hydrogen) atoms. The Morgan fingerprint density at radius 1 is 0.362 bits per heavy atom. The summed E-state index contributed by atoms with van der Waals surface area (Å²) in [6, 6.07) is 58.2. The van der Waals surface area contributed by atoms with Crippen LogP contribution in [0.4, 0.5) is 0 Å². The zero-order chi connectivity index (χ0) is 39.0. The molecule has 8 aromatic carbocycles. The third kappa shape index (κ3) is 6.17. The van der Waals surface area contributed by atoms with Gasteiger partial charge in [-0.15, -0.1) is 0 Å². The van der Waals surface area contributed by atoms with E-state index in [1.54, 1.807) is 36.7 Å². The van der Waals surface area contributed by atoms with Crippen LogP contribution in [0.25, 0.3) is 66.1 Å². The molecule has 0 saturated carbocycles. The van der Waals surface area contributed by atoms with E-state index in [0.717, 1.165) is 77.3 Å². The third-order valence-electron chi connectivity index (χ3n) is 10.9.